The van der Waals surface area contributed by atoms with Crippen LogP contribution in [-0.4, -0.2) is 5.11 Å². The van der Waals surface area contributed by atoms with Crippen LogP contribution >= 0.6 is 15.9 Å². The van der Waals surface area contributed by atoms with E-state index in [0.717, 1.165) is 22.9 Å². The smallest absolute Gasteiger partial charge is 0.130 e. The Morgan fingerprint density at radius 1 is 1.38 bits per heavy atom. The van der Waals surface area contributed by atoms with Gasteiger partial charge >= 0.3 is 0 Å². The third-order valence-electron chi connectivity index (χ3n) is 2.76. The van der Waals surface area contributed by atoms with Crippen LogP contribution in [0.5, 0.6) is 5.75 Å². The second kappa shape index (κ2) is 3.00. The average Bonchev–Trinajstić information content (AvgIpc) is 2.06. The molecule has 0 unspecified atom stereocenters. The number of phenols is 1. The van der Waals surface area contributed by atoms with E-state index in [1.54, 1.807) is 6.07 Å². The van der Waals surface area contributed by atoms with Crippen molar-refractivity contribution >= 4 is 15.9 Å². The highest BCUT2D eigenvalue weighted by molar-refractivity contribution is 9.10. The summed E-state index contributed by atoms with van der Waals surface area (Å²) in [7, 11) is 0. The maximum Gasteiger partial charge on any atom is 0.130 e. The topological polar surface area (TPSA) is 46.2 Å². The van der Waals surface area contributed by atoms with E-state index < -0.39 is 0 Å². The summed E-state index contributed by atoms with van der Waals surface area (Å²) in [6.45, 7) is 0. The molecule has 3 N–H and O–H groups in total. The molecule has 1 aliphatic carbocycles. The fraction of sp³-hybridized carbons (Fsp3) is 0.400. The van der Waals surface area contributed by atoms with Crippen molar-refractivity contribution in [1.82, 2.24) is 0 Å². The number of hydrogen-bond acceptors (Lipinski definition) is 2. The lowest BCUT2D eigenvalue weighted by molar-refractivity contribution is 0.251. The second-order valence-electron chi connectivity index (χ2n) is 3.65. The van der Waals surface area contributed by atoms with E-state index >= 15 is 0 Å². The Morgan fingerprint density at radius 3 is 2.62 bits per heavy atom. The molecule has 0 spiro atoms. The maximum atomic E-state index is 9.48. The highest BCUT2D eigenvalue weighted by Gasteiger charge is 2.36. The van der Waals surface area contributed by atoms with Gasteiger partial charge in [-0.25, -0.2) is 0 Å². The lowest BCUT2D eigenvalue weighted by Crippen LogP contribution is -2.43. The van der Waals surface area contributed by atoms with Gasteiger partial charge in [0.1, 0.15) is 5.75 Å². The van der Waals surface area contributed by atoms with Crippen molar-refractivity contribution in [2.24, 2.45) is 5.73 Å². The molecule has 13 heavy (non-hydrogen) atoms. The van der Waals surface area contributed by atoms with Gasteiger partial charge in [-0.3, -0.25) is 0 Å². The monoisotopic (exact) mass is 241 g/mol. The Morgan fingerprint density at radius 2 is 2.08 bits per heavy atom. The quantitative estimate of drug-likeness (QED) is 0.794. The summed E-state index contributed by atoms with van der Waals surface area (Å²) >= 11 is 3.36. The molecule has 0 bridgehead atoms. The second-order valence-corrected chi connectivity index (χ2v) is 4.44. The molecule has 3 heteroatoms. The molecular formula is C10H12BrNO. The predicted octanol–water partition coefficient (Wildman–Crippen LogP) is 2.49. The summed E-state index contributed by atoms with van der Waals surface area (Å²) in [5.41, 5.74) is 6.97. The number of halogens is 1. The van der Waals surface area contributed by atoms with Gasteiger partial charge in [0.25, 0.3) is 0 Å². The molecule has 0 radical (unpaired) electrons. The molecule has 1 aliphatic rings. The van der Waals surface area contributed by atoms with E-state index in [1.807, 2.05) is 12.1 Å². The van der Waals surface area contributed by atoms with Crippen molar-refractivity contribution in [3.8, 4) is 5.75 Å². The summed E-state index contributed by atoms with van der Waals surface area (Å²) in [4.78, 5) is 0. The first-order valence-corrected chi connectivity index (χ1v) is 5.20. The summed E-state index contributed by atoms with van der Waals surface area (Å²) in [6, 6.07) is 5.47. The molecule has 1 fully saturated rings. The Hall–Kier alpha value is -0.540. The van der Waals surface area contributed by atoms with Crippen LogP contribution in [0.25, 0.3) is 0 Å². The van der Waals surface area contributed by atoms with Crippen LogP contribution in [0.3, 0.4) is 0 Å². The fourth-order valence-corrected chi connectivity index (χ4v) is 2.39. The van der Waals surface area contributed by atoms with E-state index in [2.05, 4.69) is 15.9 Å². The largest absolute Gasteiger partial charge is 0.507 e. The third kappa shape index (κ3) is 1.36. The molecule has 0 aromatic heterocycles. The normalized spacial score (nSPS) is 19.5. The van der Waals surface area contributed by atoms with Crippen LogP contribution in [0.4, 0.5) is 0 Å². The van der Waals surface area contributed by atoms with Gasteiger partial charge in [0.15, 0.2) is 0 Å². The van der Waals surface area contributed by atoms with Gasteiger partial charge in [-0.05, 0) is 46.8 Å². The Bertz CT molecular complexity index is 334. The SMILES string of the molecule is NC1(c2cccc(O)c2Br)CCC1. The number of hydrogen-bond donors (Lipinski definition) is 2. The molecule has 1 aromatic carbocycles. The zero-order chi connectivity index (χ0) is 9.47. The molecule has 0 amide bonds. The number of phenolic OH excluding ortho intramolecular Hbond substituents is 1. The minimum atomic E-state index is -0.211. The van der Waals surface area contributed by atoms with Crippen LogP contribution < -0.4 is 5.73 Å². The summed E-state index contributed by atoms with van der Waals surface area (Å²) in [5, 5.41) is 9.48. The van der Waals surface area contributed by atoms with Gasteiger partial charge in [0.2, 0.25) is 0 Å². The molecule has 0 atom stereocenters. The van der Waals surface area contributed by atoms with Crippen molar-refractivity contribution in [3.63, 3.8) is 0 Å². The van der Waals surface area contributed by atoms with Crippen molar-refractivity contribution in [2.45, 2.75) is 24.8 Å². The predicted molar refractivity (Wildman–Crippen MR) is 55.5 cm³/mol. The fourth-order valence-electron chi connectivity index (χ4n) is 1.73. The molecular weight excluding hydrogens is 230 g/mol. The van der Waals surface area contributed by atoms with E-state index in [1.165, 1.54) is 6.42 Å². The molecule has 0 heterocycles. The van der Waals surface area contributed by atoms with Gasteiger partial charge in [0.05, 0.1) is 4.47 Å². The Labute approximate surface area is 85.9 Å². The first-order valence-electron chi connectivity index (χ1n) is 4.40. The zero-order valence-corrected chi connectivity index (χ0v) is 8.84. The number of benzene rings is 1. The number of rotatable bonds is 1. The molecule has 1 aromatic rings. The summed E-state index contributed by atoms with van der Waals surface area (Å²) < 4.78 is 0.747. The van der Waals surface area contributed by atoms with Crippen molar-refractivity contribution < 1.29 is 5.11 Å². The van der Waals surface area contributed by atoms with E-state index in [-0.39, 0.29) is 11.3 Å². The number of nitrogens with two attached hydrogens (primary N) is 1. The van der Waals surface area contributed by atoms with E-state index in [4.69, 9.17) is 5.73 Å². The Kier molecular flexibility index (Phi) is 2.08. The standard InChI is InChI=1S/C10H12BrNO/c11-9-7(3-1-4-8(9)13)10(12)5-2-6-10/h1,3-4,13H,2,5-6,12H2. The van der Waals surface area contributed by atoms with Crippen LogP contribution in [0, 0.1) is 0 Å². The molecule has 0 saturated heterocycles. The summed E-state index contributed by atoms with van der Waals surface area (Å²) in [5.74, 6) is 0.272. The zero-order valence-electron chi connectivity index (χ0n) is 7.26. The highest BCUT2D eigenvalue weighted by atomic mass is 79.9. The molecule has 2 nitrogen and oxygen atoms in total. The van der Waals surface area contributed by atoms with Gasteiger partial charge in [0, 0.05) is 5.54 Å². The lowest BCUT2D eigenvalue weighted by atomic mass is 9.73. The van der Waals surface area contributed by atoms with Crippen LogP contribution in [0.1, 0.15) is 24.8 Å². The first kappa shape index (κ1) is 9.03. The van der Waals surface area contributed by atoms with Crippen LogP contribution in [0.15, 0.2) is 22.7 Å². The first-order chi connectivity index (χ1) is 6.13. The van der Waals surface area contributed by atoms with Crippen LogP contribution in [-0.2, 0) is 5.54 Å². The van der Waals surface area contributed by atoms with Gasteiger partial charge < -0.3 is 10.8 Å². The van der Waals surface area contributed by atoms with Crippen molar-refractivity contribution in [1.29, 1.82) is 0 Å². The molecule has 1 saturated carbocycles. The van der Waals surface area contributed by atoms with Gasteiger partial charge in [-0.15, -0.1) is 0 Å². The lowest BCUT2D eigenvalue weighted by Gasteiger charge is -2.39. The van der Waals surface area contributed by atoms with Gasteiger partial charge in [-0.1, -0.05) is 12.1 Å². The molecule has 2 rings (SSSR count). The van der Waals surface area contributed by atoms with Gasteiger partial charge in [-0.2, -0.15) is 0 Å². The van der Waals surface area contributed by atoms with E-state index in [9.17, 15) is 5.11 Å². The van der Waals surface area contributed by atoms with Crippen molar-refractivity contribution in [3.05, 3.63) is 28.2 Å². The minimum absolute atomic E-state index is 0.211. The van der Waals surface area contributed by atoms with E-state index in [0.29, 0.717) is 0 Å². The minimum Gasteiger partial charge on any atom is -0.507 e. The molecule has 70 valence electrons. The summed E-state index contributed by atoms with van der Waals surface area (Å²) in [6.07, 6.45) is 3.20. The maximum absolute atomic E-state index is 9.48. The molecule has 0 aliphatic heterocycles. The third-order valence-corrected chi connectivity index (χ3v) is 3.59. The van der Waals surface area contributed by atoms with Crippen LogP contribution in [0.2, 0.25) is 0 Å². The highest BCUT2D eigenvalue weighted by Crippen LogP contribution is 2.43. The average molecular weight is 242 g/mol. The van der Waals surface area contributed by atoms with Crippen molar-refractivity contribution in [2.75, 3.05) is 0 Å². The Balaban J connectivity index is 2.45. The number of aromatic hydroxyl groups is 1.